The second-order valence-electron chi connectivity index (χ2n) is 8.11. The summed E-state index contributed by atoms with van der Waals surface area (Å²) in [6.07, 6.45) is 1.34. The third kappa shape index (κ3) is 3.94. The quantitative estimate of drug-likeness (QED) is 0.672. The first-order valence-corrected chi connectivity index (χ1v) is 11.8. The van der Waals surface area contributed by atoms with Gasteiger partial charge in [-0.2, -0.15) is 4.31 Å². The second-order valence-corrected chi connectivity index (χ2v) is 10.0. The Morgan fingerprint density at radius 2 is 1.74 bits per heavy atom. The summed E-state index contributed by atoms with van der Waals surface area (Å²) < 4.78 is 38.7. The number of aromatic nitrogens is 1. The van der Waals surface area contributed by atoms with E-state index in [9.17, 15) is 13.5 Å². The summed E-state index contributed by atoms with van der Waals surface area (Å²) in [6, 6.07) is 11.5. The molecular formula is C22H25N3O5S. The molecule has 164 valence electrons. The maximum Gasteiger partial charge on any atom is 0.257 e. The van der Waals surface area contributed by atoms with E-state index in [0.717, 1.165) is 36.3 Å². The molecule has 3 aliphatic heterocycles. The van der Waals surface area contributed by atoms with E-state index in [1.54, 1.807) is 0 Å². The van der Waals surface area contributed by atoms with Gasteiger partial charge in [0.2, 0.25) is 10.0 Å². The van der Waals surface area contributed by atoms with E-state index < -0.39 is 10.0 Å². The molecule has 0 bridgehead atoms. The average Bonchev–Trinajstić information content (AvgIpc) is 3.37. The van der Waals surface area contributed by atoms with Crippen molar-refractivity contribution in [3.8, 4) is 11.6 Å². The van der Waals surface area contributed by atoms with Crippen LogP contribution in [0.4, 0.5) is 0 Å². The molecule has 1 N–H and O–H groups in total. The molecule has 3 aliphatic rings. The molecule has 9 heteroatoms. The fourth-order valence-electron chi connectivity index (χ4n) is 4.44. The monoisotopic (exact) mass is 443 g/mol. The Labute approximate surface area is 181 Å². The zero-order valence-corrected chi connectivity index (χ0v) is 17.9. The molecule has 0 saturated carbocycles. The first-order valence-electron chi connectivity index (χ1n) is 10.4. The third-order valence-corrected chi connectivity index (χ3v) is 7.80. The number of nitrogens with zero attached hydrogens (tertiary/aromatic N) is 3. The van der Waals surface area contributed by atoms with E-state index in [-0.39, 0.29) is 17.4 Å². The largest absolute Gasteiger partial charge is 0.484 e. The van der Waals surface area contributed by atoms with Crippen LogP contribution in [0, 0.1) is 0 Å². The Morgan fingerprint density at radius 1 is 1.03 bits per heavy atom. The van der Waals surface area contributed by atoms with E-state index in [4.69, 9.17) is 9.47 Å². The first kappa shape index (κ1) is 20.4. The van der Waals surface area contributed by atoms with Crippen LogP contribution >= 0.6 is 0 Å². The molecule has 4 heterocycles. The van der Waals surface area contributed by atoms with Gasteiger partial charge < -0.3 is 14.6 Å². The van der Waals surface area contributed by atoms with E-state index in [1.807, 2.05) is 30.3 Å². The molecule has 0 fully saturated rings. The molecular weight excluding hydrogens is 418 g/mol. The van der Waals surface area contributed by atoms with E-state index in [0.29, 0.717) is 37.9 Å². The Morgan fingerprint density at radius 3 is 2.45 bits per heavy atom. The SMILES string of the molecule is O=S(=O)(c1cnc2c(c1)OCCO2)N1CC2=C(CN(C[C@H](CO)c3ccccc3)C2)C1. The summed E-state index contributed by atoms with van der Waals surface area (Å²) in [6.45, 7) is 3.84. The molecule has 0 radical (unpaired) electrons. The predicted molar refractivity (Wildman–Crippen MR) is 114 cm³/mol. The van der Waals surface area contributed by atoms with Gasteiger partial charge in [-0.3, -0.25) is 4.90 Å². The Balaban J connectivity index is 1.24. The maximum absolute atomic E-state index is 13.2. The van der Waals surface area contributed by atoms with Gasteiger partial charge in [-0.15, -0.1) is 0 Å². The lowest BCUT2D eigenvalue weighted by Crippen LogP contribution is -2.36. The smallest absolute Gasteiger partial charge is 0.257 e. The number of benzene rings is 1. The van der Waals surface area contributed by atoms with Crippen molar-refractivity contribution in [2.24, 2.45) is 0 Å². The zero-order chi connectivity index (χ0) is 21.4. The maximum atomic E-state index is 13.2. The molecule has 1 aromatic heterocycles. The topological polar surface area (TPSA) is 92.2 Å². The van der Waals surface area contributed by atoms with Crippen LogP contribution in [0.1, 0.15) is 11.5 Å². The molecule has 0 amide bonds. The molecule has 1 aromatic carbocycles. The first-order chi connectivity index (χ1) is 15.0. The van der Waals surface area contributed by atoms with Gasteiger partial charge in [-0.1, -0.05) is 30.3 Å². The minimum Gasteiger partial charge on any atom is -0.484 e. The standard InChI is InChI=1S/C22H25N3O5S/c26-15-19(16-4-2-1-3-5-16)12-24-10-17-13-25(14-18(17)11-24)31(27,28)20-8-21-22(23-9-20)30-7-6-29-21/h1-5,8-9,19,26H,6-7,10-15H2/t19-/m1/s1. The van der Waals surface area contributed by atoms with Gasteiger partial charge >= 0.3 is 0 Å². The lowest BCUT2D eigenvalue weighted by Gasteiger charge is -2.26. The van der Waals surface area contributed by atoms with Crippen LogP contribution in [-0.4, -0.2) is 80.3 Å². The van der Waals surface area contributed by atoms with Gasteiger partial charge in [0, 0.05) is 44.7 Å². The molecule has 0 spiro atoms. The number of fused-ring (bicyclic) bond motifs is 1. The van der Waals surface area contributed by atoms with E-state index in [1.165, 1.54) is 16.6 Å². The molecule has 1 atom stereocenters. The third-order valence-electron chi connectivity index (χ3n) is 6.04. The van der Waals surface area contributed by atoms with Crippen molar-refractivity contribution >= 4 is 10.0 Å². The van der Waals surface area contributed by atoms with Crippen LogP contribution in [0.2, 0.25) is 0 Å². The predicted octanol–water partition coefficient (Wildman–Crippen LogP) is 1.25. The highest BCUT2D eigenvalue weighted by Crippen LogP contribution is 2.34. The number of hydrogen-bond acceptors (Lipinski definition) is 7. The lowest BCUT2D eigenvalue weighted by molar-refractivity contribution is 0.163. The summed E-state index contributed by atoms with van der Waals surface area (Å²) in [7, 11) is -3.67. The molecule has 0 saturated heterocycles. The number of rotatable bonds is 6. The van der Waals surface area contributed by atoms with Crippen molar-refractivity contribution in [1.82, 2.24) is 14.2 Å². The number of aliphatic hydroxyl groups excluding tert-OH is 1. The van der Waals surface area contributed by atoms with Crippen LogP contribution in [0.15, 0.2) is 58.6 Å². The Hall–Kier alpha value is -2.46. The number of hydrogen-bond donors (Lipinski definition) is 1. The van der Waals surface area contributed by atoms with Crippen LogP contribution in [0.5, 0.6) is 11.6 Å². The molecule has 31 heavy (non-hydrogen) atoms. The Kier molecular flexibility index (Phi) is 5.43. The number of ether oxygens (including phenoxy) is 2. The average molecular weight is 444 g/mol. The second kappa shape index (κ2) is 8.23. The molecule has 2 aromatic rings. The van der Waals surface area contributed by atoms with Crippen LogP contribution in [0.25, 0.3) is 0 Å². The Bertz CT molecular complexity index is 1090. The van der Waals surface area contributed by atoms with Crippen molar-refractivity contribution in [3.63, 3.8) is 0 Å². The highest BCUT2D eigenvalue weighted by molar-refractivity contribution is 7.89. The number of pyridine rings is 1. The number of sulfonamides is 1. The molecule has 5 rings (SSSR count). The van der Waals surface area contributed by atoms with Crippen molar-refractivity contribution in [2.75, 3.05) is 52.5 Å². The van der Waals surface area contributed by atoms with Gasteiger partial charge in [0.1, 0.15) is 18.1 Å². The van der Waals surface area contributed by atoms with Gasteiger partial charge in [0.15, 0.2) is 5.75 Å². The van der Waals surface area contributed by atoms with Crippen molar-refractivity contribution in [2.45, 2.75) is 10.8 Å². The van der Waals surface area contributed by atoms with E-state index >= 15 is 0 Å². The fraction of sp³-hybridized carbons (Fsp3) is 0.409. The normalized spacial score (nSPS) is 20.2. The van der Waals surface area contributed by atoms with Crippen LogP contribution < -0.4 is 9.47 Å². The van der Waals surface area contributed by atoms with E-state index in [2.05, 4.69) is 9.88 Å². The molecule has 0 unspecified atom stereocenters. The lowest BCUT2D eigenvalue weighted by atomic mass is 9.99. The number of aliphatic hydroxyl groups is 1. The molecule has 0 aliphatic carbocycles. The van der Waals surface area contributed by atoms with Crippen molar-refractivity contribution in [3.05, 3.63) is 59.3 Å². The van der Waals surface area contributed by atoms with Crippen LogP contribution in [-0.2, 0) is 10.0 Å². The summed E-state index contributed by atoms with van der Waals surface area (Å²) in [5.74, 6) is 0.749. The highest BCUT2D eigenvalue weighted by atomic mass is 32.2. The van der Waals surface area contributed by atoms with Gasteiger partial charge in [0.25, 0.3) is 5.88 Å². The van der Waals surface area contributed by atoms with Crippen molar-refractivity contribution < 1.29 is 23.0 Å². The molecule has 8 nitrogen and oxygen atoms in total. The minimum absolute atomic E-state index is 0.0462. The van der Waals surface area contributed by atoms with Gasteiger partial charge in [-0.25, -0.2) is 13.4 Å². The fourth-order valence-corrected chi connectivity index (χ4v) is 5.83. The minimum atomic E-state index is -3.67. The zero-order valence-electron chi connectivity index (χ0n) is 17.1. The van der Waals surface area contributed by atoms with Gasteiger partial charge in [-0.05, 0) is 16.7 Å². The summed E-state index contributed by atoms with van der Waals surface area (Å²) in [4.78, 5) is 6.52. The van der Waals surface area contributed by atoms with Crippen molar-refractivity contribution in [1.29, 1.82) is 0 Å². The summed E-state index contributed by atoms with van der Waals surface area (Å²) in [5.41, 5.74) is 3.42. The van der Waals surface area contributed by atoms with Crippen LogP contribution in [0.3, 0.4) is 0 Å². The summed E-state index contributed by atoms with van der Waals surface area (Å²) >= 11 is 0. The summed E-state index contributed by atoms with van der Waals surface area (Å²) in [5, 5.41) is 9.85. The highest BCUT2D eigenvalue weighted by Gasteiger charge is 2.37. The van der Waals surface area contributed by atoms with Gasteiger partial charge in [0.05, 0.1) is 12.8 Å².